The Morgan fingerprint density at radius 1 is 0.445 bits per heavy atom. The summed E-state index contributed by atoms with van der Waals surface area (Å²) in [6.07, 6.45) is 25.1. The van der Waals surface area contributed by atoms with Crippen LogP contribution in [0.4, 0.5) is 0 Å². The highest BCUT2D eigenvalue weighted by Crippen LogP contribution is 2.43. The number of fused-ring (bicyclic) bond motifs is 4. The molecular weight excluding hydrogens is 1400 g/mol. The molecule has 2 aliphatic heterocycles. The van der Waals surface area contributed by atoms with Crippen molar-refractivity contribution in [2.75, 3.05) is 13.7 Å². The van der Waals surface area contributed by atoms with Crippen molar-refractivity contribution in [2.24, 2.45) is 0 Å². The fourth-order valence-corrected chi connectivity index (χ4v) is 19.4. The maximum absolute atomic E-state index is 6.37. The van der Waals surface area contributed by atoms with Crippen molar-refractivity contribution in [2.45, 2.75) is 238 Å². The highest BCUT2D eigenvalue weighted by atomic mass is 28.4. The second-order valence-electron chi connectivity index (χ2n) is 32.3. The van der Waals surface area contributed by atoms with Crippen molar-refractivity contribution in [1.82, 2.24) is 72.7 Å². The van der Waals surface area contributed by atoms with Crippen LogP contribution in [0.15, 0.2) is 142 Å². The quantitative estimate of drug-likeness (QED) is 0.0834. The molecule has 110 heavy (non-hydrogen) atoms. The van der Waals surface area contributed by atoms with Gasteiger partial charge in [-0.25, -0.2) is 44.3 Å². The van der Waals surface area contributed by atoms with Gasteiger partial charge in [-0.2, -0.15) is 10.2 Å². The molecule has 0 radical (unpaired) electrons. The zero-order chi connectivity index (χ0) is 79.2. The molecule has 0 saturated heterocycles. The number of aromatic nitrogens is 15. The van der Waals surface area contributed by atoms with Crippen LogP contribution >= 0.6 is 0 Å². The number of aryl methyl sites for hydroxylation is 6. The molecule has 21 heteroatoms. The van der Waals surface area contributed by atoms with Gasteiger partial charge in [-0.1, -0.05) is 120 Å². The molecule has 4 aliphatic rings. The standard InChI is InChI=1S/2C16H22N2OSi.C16H20N2.C14H19N3O.C14H17N3.C13H17N3O/c1-11(2)13-6-7-15(18-8-12(3)17-10-18)16-14(13)9-20(4,5)19-16;1-11(2)13-6-7-15(18-8-12(3)17-10-18)16-14(13)9-19-20(16,4)5;1-4-12-9-18(10-17-12)16-8-7-13(11(2)3)14-5-6-15(14)16;1-5-18-14-8-12(10(2)3)6-7-13(14)17-9-15-11(4)16-17;1-9(2)11-6-7-14(13-5-4-12(11)13)17-8-15-10(3)16-17;1-9(2)11-5-6-12(13(15-11)17-4)16-7-10(3)14-8-16/h2*6-8,10-11H,9H2,1-5H3;7-11H,4-6H2,1-3H3;6-10H,5H2,1-4H3;6-9H,4-5H2,1-3H3;5-9H,1-4H3. The van der Waals surface area contributed by atoms with E-state index in [1.807, 2.05) is 94.2 Å². The van der Waals surface area contributed by atoms with Gasteiger partial charge >= 0.3 is 0 Å². The Morgan fingerprint density at radius 2 is 0.900 bits per heavy atom. The van der Waals surface area contributed by atoms with E-state index in [-0.39, 0.29) is 0 Å². The Kier molecular flexibility index (Phi) is 25.5. The molecule has 0 fully saturated rings. The summed E-state index contributed by atoms with van der Waals surface area (Å²) in [5, 5.41) is 10.2. The predicted molar refractivity (Wildman–Crippen MR) is 449 cm³/mol. The molecule has 0 atom stereocenters. The Morgan fingerprint density at radius 3 is 1.36 bits per heavy atom. The molecule has 2 aliphatic carbocycles. The lowest BCUT2D eigenvalue weighted by Crippen LogP contribution is -2.42. The molecule has 0 spiro atoms. The second kappa shape index (κ2) is 34.6. The first kappa shape index (κ1) is 81.2. The minimum Gasteiger partial charge on any atom is -0.542 e. The normalized spacial score (nSPS) is 13.8. The molecule has 580 valence electrons. The van der Waals surface area contributed by atoms with Crippen LogP contribution in [0, 0.1) is 34.6 Å². The molecular formula is C89H117N15O4Si2. The molecule has 5 aromatic carbocycles. The summed E-state index contributed by atoms with van der Waals surface area (Å²) in [6.45, 7) is 51.1. The zero-order valence-electron chi connectivity index (χ0n) is 69.7. The van der Waals surface area contributed by atoms with Crippen molar-refractivity contribution >= 4 is 21.8 Å². The molecule has 0 unspecified atom stereocenters. The highest BCUT2D eigenvalue weighted by molar-refractivity contribution is 6.86. The maximum Gasteiger partial charge on any atom is 0.249 e. The van der Waals surface area contributed by atoms with Gasteiger partial charge in [0.2, 0.25) is 22.5 Å². The number of benzene rings is 5. The van der Waals surface area contributed by atoms with Crippen LogP contribution in [0.1, 0.15) is 234 Å². The van der Waals surface area contributed by atoms with Gasteiger partial charge < -0.3 is 36.6 Å². The van der Waals surface area contributed by atoms with Crippen LogP contribution < -0.4 is 19.1 Å². The molecule has 12 aromatic rings. The summed E-state index contributed by atoms with van der Waals surface area (Å²) < 4.78 is 35.6. The Hall–Kier alpha value is -9.84. The van der Waals surface area contributed by atoms with Crippen LogP contribution in [0.5, 0.6) is 17.4 Å². The van der Waals surface area contributed by atoms with Crippen LogP contribution in [0.2, 0.25) is 26.2 Å². The average Bonchev–Trinajstić information content (AvgIpc) is 1.49. The number of hydrogen-bond acceptors (Lipinski definition) is 13. The van der Waals surface area contributed by atoms with E-state index >= 15 is 0 Å². The molecule has 0 N–H and O–H groups in total. The van der Waals surface area contributed by atoms with Crippen LogP contribution in [0.25, 0.3) is 34.1 Å². The number of rotatable bonds is 16. The van der Waals surface area contributed by atoms with Gasteiger partial charge in [0.1, 0.15) is 47.2 Å². The van der Waals surface area contributed by atoms with Crippen LogP contribution in [-0.2, 0) is 49.2 Å². The minimum atomic E-state index is -1.80. The first-order valence-corrected chi connectivity index (χ1v) is 45.5. The van der Waals surface area contributed by atoms with E-state index in [0.29, 0.717) is 48.0 Å². The topological polar surface area (TPSA) is 183 Å². The molecule has 9 heterocycles. The third-order valence-electron chi connectivity index (χ3n) is 20.9. The molecule has 16 rings (SSSR count). The first-order chi connectivity index (χ1) is 52.4. The smallest absolute Gasteiger partial charge is 0.249 e. The fraction of sp³-hybridized carbons (Fsp3) is 0.427. The van der Waals surface area contributed by atoms with E-state index in [0.717, 1.165) is 87.8 Å². The second-order valence-corrected chi connectivity index (χ2v) is 40.2. The minimum absolute atomic E-state index is 0.391. The molecule has 7 aromatic heterocycles. The molecule has 0 saturated carbocycles. The Labute approximate surface area is 655 Å². The van der Waals surface area contributed by atoms with Crippen molar-refractivity contribution < 1.29 is 18.3 Å². The Bertz CT molecular complexity index is 5150. The third-order valence-corrected chi connectivity index (χ3v) is 25.5. The summed E-state index contributed by atoms with van der Waals surface area (Å²) in [5.41, 5.74) is 28.1. The number of methoxy groups -OCH3 is 1. The van der Waals surface area contributed by atoms with E-state index in [2.05, 4.69) is 254 Å². The van der Waals surface area contributed by atoms with E-state index < -0.39 is 16.6 Å². The summed E-state index contributed by atoms with van der Waals surface area (Å²) >= 11 is 0. The van der Waals surface area contributed by atoms with Crippen molar-refractivity contribution in [1.29, 1.82) is 0 Å². The number of imidazole rings is 4. The van der Waals surface area contributed by atoms with E-state index in [9.17, 15) is 0 Å². The zero-order valence-corrected chi connectivity index (χ0v) is 71.7. The SMILES string of the molecule is CCOc1cc(C(C)C)ccc1-n1cnc(C)n1.CCc1cn(-c2ccc(C(C)C)c3c2CC3)cn1.COc1nc(C(C)C)ccc1-n1cnc(C)c1.Cc1cn(-c2ccc(C(C)C)c3c2O[Si](C)(C)C3)cn1.Cc1cn(-c2ccc(C(C)C)c3c2[Si](C)(C)OC3)cn1.Cc1ncn(-c2ccc(C(C)C)c3c2CC3)n1. The first-order valence-electron chi connectivity index (χ1n) is 39.5. The van der Waals surface area contributed by atoms with Gasteiger partial charge in [0.15, 0.2) is 0 Å². The van der Waals surface area contributed by atoms with Gasteiger partial charge in [0.05, 0.1) is 79.8 Å². The lowest BCUT2D eigenvalue weighted by atomic mass is 9.80. The Balaban J connectivity index is 0.000000131. The van der Waals surface area contributed by atoms with E-state index in [1.54, 1.807) is 36.3 Å². The van der Waals surface area contributed by atoms with Crippen molar-refractivity contribution in [3.63, 3.8) is 0 Å². The predicted octanol–water partition coefficient (Wildman–Crippen LogP) is 19.5. The molecule has 0 amide bonds. The van der Waals surface area contributed by atoms with Gasteiger partial charge in [-0.15, -0.1) is 0 Å². The van der Waals surface area contributed by atoms with E-state index in [1.165, 1.54) is 104 Å². The van der Waals surface area contributed by atoms with Gasteiger partial charge in [0.25, 0.3) is 0 Å². The largest absolute Gasteiger partial charge is 0.542 e. The number of nitrogens with zero attached hydrogens (tertiary/aromatic N) is 15. The summed E-state index contributed by atoms with van der Waals surface area (Å²) in [6, 6.07) is 29.3. The fourth-order valence-electron chi connectivity index (χ4n) is 14.9. The number of hydrogen-bond donors (Lipinski definition) is 0. The molecule has 0 bridgehead atoms. The highest BCUT2D eigenvalue weighted by Gasteiger charge is 2.40. The van der Waals surface area contributed by atoms with Crippen LogP contribution in [-0.4, -0.2) is 103 Å². The van der Waals surface area contributed by atoms with Crippen molar-refractivity contribution in [3.8, 4) is 51.5 Å². The maximum atomic E-state index is 6.37. The van der Waals surface area contributed by atoms with E-state index in [4.69, 9.17) is 18.3 Å². The van der Waals surface area contributed by atoms with Crippen LogP contribution in [0.3, 0.4) is 0 Å². The summed E-state index contributed by atoms with van der Waals surface area (Å²) in [7, 11) is -1.78. The lowest BCUT2D eigenvalue weighted by Gasteiger charge is -2.27. The van der Waals surface area contributed by atoms with Gasteiger partial charge in [-0.3, -0.25) is 0 Å². The van der Waals surface area contributed by atoms with Gasteiger partial charge in [0, 0.05) is 47.9 Å². The summed E-state index contributed by atoms with van der Waals surface area (Å²) in [4.78, 5) is 30.2. The average molecular weight is 1520 g/mol. The summed E-state index contributed by atoms with van der Waals surface area (Å²) in [5.74, 6) is 7.34. The lowest BCUT2D eigenvalue weighted by molar-refractivity contribution is 0.318. The van der Waals surface area contributed by atoms with Gasteiger partial charge in [-0.05, 0) is 250 Å². The number of ether oxygens (including phenoxy) is 2. The number of pyridine rings is 1. The van der Waals surface area contributed by atoms with Crippen molar-refractivity contribution in [3.05, 3.63) is 243 Å². The third kappa shape index (κ3) is 18.3. The molecule has 19 nitrogen and oxygen atoms in total. The monoisotopic (exact) mass is 1520 g/mol.